The van der Waals surface area contributed by atoms with E-state index in [1.165, 1.54) is 12.4 Å². The highest BCUT2D eigenvalue weighted by molar-refractivity contribution is 6.03. The Bertz CT molecular complexity index is 833. The third-order valence-electron chi connectivity index (χ3n) is 3.46. The van der Waals surface area contributed by atoms with Crippen LogP contribution in [-0.4, -0.2) is 21.0 Å². The molecule has 0 aliphatic heterocycles. The predicted molar refractivity (Wildman–Crippen MR) is 90.6 cm³/mol. The molecule has 0 atom stereocenters. The molecule has 6 heteroatoms. The van der Waals surface area contributed by atoms with Gasteiger partial charge in [0.2, 0.25) is 5.88 Å². The van der Waals surface area contributed by atoms with Gasteiger partial charge in [-0.25, -0.2) is 9.97 Å². The summed E-state index contributed by atoms with van der Waals surface area (Å²) in [5, 5.41) is 6.63. The van der Waals surface area contributed by atoms with E-state index in [1.807, 2.05) is 51.1 Å². The summed E-state index contributed by atoms with van der Waals surface area (Å²) in [6, 6.07) is 11.3. The van der Waals surface area contributed by atoms with E-state index in [0.29, 0.717) is 17.3 Å². The summed E-state index contributed by atoms with van der Waals surface area (Å²) >= 11 is 0. The zero-order valence-electron chi connectivity index (χ0n) is 13.8. The van der Waals surface area contributed by atoms with Crippen LogP contribution in [0.25, 0.3) is 11.4 Å². The fourth-order valence-corrected chi connectivity index (χ4v) is 2.05. The van der Waals surface area contributed by atoms with Gasteiger partial charge in [-0.15, -0.1) is 0 Å². The normalized spacial score (nSPS) is 11.3. The highest BCUT2D eigenvalue weighted by atomic mass is 16.5. The van der Waals surface area contributed by atoms with Gasteiger partial charge in [-0.1, -0.05) is 56.3 Å². The van der Waals surface area contributed by atoms with Crippen LogP contribution in [0.2, 0.25) is 0 Å². The Morgan fingerprint density at radius 1 is 1.08 bits per heavy atom. The molecule has 0 bridgehead atoms. The molecule has 6 nitrogen and oxygen atoms in total. The summed E-state index contributed by atoms with van der Waals surface area (Å²) in [5.74, 6) is 0.533. The molecule has 0 aliphatic carbocycles. The highest BCUT2D eigenvalue weighted by Gasteiger charge is 2.20. The number of nitrogens with zero attached hydrogens (tertiary/aromatic N) is 3. The van der Waals surface area contributed by atoms with Gasteiger partial charge < -0.3 is 4.52 Å². The van der Waals surface area contributed by atoms with Crippen molar-refractivity contribution in [1.82, 2.24) is 15.1 Å². The van der Waals surface area contributed by atoms with Crippen LogP contribution in [-0.2, 0) is 5.41 Å². The topological polar surface area (TPSA) is 80.9 Å². The maximum Gasteiger partial charge on any atom is 0.261 e. The molecule has 0 fully saturated rings. The van der Waals surface area contributed by atoms with Crippen molar-refractivity contribution in [3.05, 3.63) is 60.0 Å². The molecule has 0 unspecified atom stereocenters. The summed E-state index contributed by atoms with van der Waals surface area (Å²) in [6.07, 6.45) is 2.98. The van der Waals surface area contributed by atoms with Crippen LogP contribution in [0.5, 0.6) is 0 Å². The molecule has 2 aromatic heterocycles. The minimum absolute atomic E-state index is 0.146. The van der Waals surface area contributed by atoms with E-state index < -0.39 is 0 Å². The molecule has 1 aromatic carbocycles. The molecule has 0 saturated heterocycles. The zero-order valence-corrected chi connectivity index (χ0v) is 13.8. The molecule has 3 aromatic rings. The molecule has 0 radical (unpaired) electrons. The molecule has 1 amide bonds. The SMILES string of the molecule is CC(C)(C)c1cc(NC(=O)c2cnc(-c3ccccc3)nc2)on1. The Morgan fingerprint density at radius 3 is 2.33 bits per heavy atom. The van der Waals surface area contributed by atoms with E-state index >= 15 is 0 Å². The Balaban J connectivity index is 1.73. The fraction of sp³-hybridized carbons (Fsp3) is 0.222. The number of aromatic nitrogens is 3. The first-order chi connectivity index (χ1) is 11.4. The van der Waals surface area contributed by atoms with Crippen molar-refractivity contribution in [3.8, 4) is 11.4 Å². The van der Waals surface area contributed by atoms with Crippen molar-refractivity contribution in [2.24, 2.45) is 0 Å². The van der Waals surface area contributed by atoms with Crippen molar-refractivity contribution < 1.29 is 9.32 Å². The van der Waals surface area contributed by atoms with E-state index in [4.69, 9.17) is 4.52 Å². The summed E-state index contributed by atoms with van der Waals surface area (Å²) in [6.45, 7) is 6.06. The number of hydrogen-bond acceptors (Lipinski definition) is 5. The second kappa shape index (κ2) is 6.23. The molecule has 3 rings (SSSR count). The maximum atomic E-state index is 12.2. The Morgan fingerprint density at radius 2 is 1.75 bits per heavy atom. The van der Waals surface area contributed by atoms with E-state index in [0.717, 1.165) is 11.3 Å². The van der Waals surface area contributed by atoms with E-state index in [1.54, 1.807) is 6.07 Å². The average Bonchev–Trinajstić information content (AvgIpc) is 3.05. The molecule has 2 heterocycles. The van der Waals surface area contributed by atoms with Crippen LogP contribution in [0, 0.1) is 0 Å². The highest BCUT2D eigenvalue weighted by Crippen LogP contribution is 2.24. The second-order valence-electron chi connectivity index (χ2n) is 6.44. The van der Waals surface area contributed by atoms with E-state index in [-0.39, 0.29) is 11.3 Å². The fourth-order valence-electron chi connectivity index (χ4n) is 2.05. The Labute approximate surface area is 139 Å². The lowest BCUT2D eigenvalue weighted by Gasteiger charge is -2.12. The van der Waals surface area contributed by atoms with Gasteiger partial charge in [0.25, 0.3) is 5.91 Å². The number of benzene rings is 1. The monoisotopic (exact) mass is 322 g/mol. The molecule has 0 saturated carbocycles. The second-order valence-corrected chi connectivity index (χ2v) is 6.44. The predicted octanol–water partition coefficient (Wildman–Crippen LogP) is 3.68. The number of anilines is 1. The van der Waals surface area contributed by atoms with Crippen molar-refractivity contribution in [1.29, 1.82) is 0 Å². The van der Waals surface area contributed by atoms with Crippen LogP contribution >= 0.6 is 0 Å². The van der Waals surface area contributed by atoms with E-state index in [9.17, 15) is 4.79 Å². The van der Waals surface area contributed by atoms with Crippen LogP contribution in [0.15, 0.2) is 53.3 Å². The Kier molecular flexibility index (Phi) is 4.12. The molecule has 0 spiro atoms. The molecule has 0 aliphatic rings. The number of rotatable bonds is 3. The average molecular weight is 322 g/mol. The van der Waals surface area contributed by atoms with Crippen LogP contribution in [0.4, 0.5) is 5.88 Å². The summed E-state index contributed by atoms with van der Waals surface area (Å²) in [7, 11) is 0. The third kappa shape index (κ3) is 3.48. The van der Waals surface area contributed by atoms with Crippen molar-refractivity contribution in [2.45, 2.75) is 26.2 Å². The van der Waals surface area contributed by atoms with Gasteiger partial charge in [0.05, 0.1) is 11.3 Å². The van der Waals surface area contributed by atoms with Crippen molar-refractivity contribution in [3.63, 3.8) is 0 Å². The van der Waals surface area contributed by atoms with Gasteiger partial charge in [0.1, 0.15) is 0 Å². The minimum atomic E-state index is -0.341. The van der Waals surface area contributed by atoms with Crippen LogP contribution in [0.1, 0.15) is 36.8 Å². The number of hydrogen-bond donors (Lipinski definition) is 1. The minimum Gasteiger partial charge on any atom is -0.338 e. The van der Waals surface area contributed by atoms with Gasteiger partial charge in [-0.2, -0.15) is 0 Å². The lowest BCUT2D eigenvalue weighted by atomic mass is 9.92. The summed E-state index contributed by atoms with van der Waals surface area (Å²) in [4.78, 5) is 20.7. The summed E-state index contributed by atoms with van der Waals surface area (Å²) in [5.41, 5.74) is 1.87. The summed E-state index contributed by atoms with van der Waals surface area (Å²) < 4.78 is 5.15. The quantitative estimate of drug-likeness (QED) is 0.795. The lowest BCUT2D eigenvalue weighted by Crippen LogP contribution is -2.13. The molecular formula is C18H18N4O2. The maximum absolute atomic E-state index is 12.2. The molecule has 24 heavy (non-hydrogen) atoms. The van der Waals surface area contributed by atoms with Crippen LogP contribution in [0.3, 0.4) is 0 Å². The molecule has 1 N–H and O–H groups in total. The first kappa shape index (κ1) is 15.9. The van der Waals surface area contributed by atoms with Gasteiger partial charge in [-0.3, -0.25) is 10.1 Å². The lowest BCUT2D eigenvalue weighted by molar-refractivity contribution is 0.102. The largest absolute Gasteiger partial charge is 0.338 e. The van der Waals surface area contributed by atoms with Crippen LogP contribution < -0.4 is 5.32 Å². The van der Waals surface area contributed by atoms with Crippen molar-refractivity contribution >= 4 is 11.8 Å². The van der Waals surface area contributed by atoms with Gasteiger partial charge in [0, 0.05) is 29.4 Å². The van der Waals surface area contributed by atoms with Gasteiger partial charge in [-0.05, 0) is 0 Å². The zero-order chi connectivity index (χ0) is 17.2. The Hall–Kier alpha value is -3.02. The molecular weight excluding hydrogens is 304 g/mol. The number of carbonyl (C=O) groups excluding carboxylic acids is 1. The number of amides is 1. The standard InChI is InChI=1S/C18H18N4O2/c1-18(2,3)14-9-15(24-22-14)21-17(23)13-10-19-16(20-11-13)12-7-5-4-6-8-12/h4-11H,1-3H3,(H,21,23). The van der Waals surface area contributed by atoms with E-state index in [2.05, 4.69) is 20.4 Å². The van der Waals surface area contributed by atoms with Crippen molar-refractivity contribution in [2.75, 3.05) is 5.32 Å². The smallest absolute Gasteiger partial charge is 0.261 e. The van der Waals surface area contributed by atoms with Gasteiger partial charge in [0.15, 0.2) is 5.82 Å². The van der Waals surface area contributed by atoms with Gasteiger partial charge >= 0.3 is 0 Å². The number of carbonyl (C=O) groups is 1. The number of nitrogens with one attached hydrogen (secondary N) is 1. The first-order valence-corrected chi connectivity index (χ1v) is 7.59. The first-order valence-electron chi connectivity index (χ1n) is 7.59. The third-order valence-corrected chi connectivity index (χ3v) is 3.46. The molecule has 122 valence electrons.